The van der Waals surface area contributed by atoms with Crippen molar-refractivity contribution in [3.63, 3.8) is 0 Å². The second-order valence-corrected chi connectivity index (χ2v) is 9.38. The molecule has 0 spiro atoms. The number of aliphatic hydroxyl groups is 2. The summed E-state index contributed by atoms with van der Waals surface area (Å²) in [6.07, 6.45) is 0.416. The number of hydrogen-bond donors (Lipinski definition) is 4. The molecule has 2 unspecified atom stereocenters. The number of rotatable bonds is 13. The van der Waals surface area contributed by atoms with E-state index in [1.807, 2.05) is 74.5 Å². The lowest BCUT2D eigenvalue weighted by Crippen LogP contribution is -2.55. The molecule has 1 saturated heterocycles. The van der Waals surface area contributed by atoms with Crippen molar-refractivity contribution in [1.29, 1.82) is 0 Å². The molecule has 8 heteroatoms. The van der Waals surface area contributed by atoms with E-state index in [1.54, 1.807) is 0 Å². The van der Waals surface area contributed by atoms with Crippen LogP contribution in [-0.4, -0.2) is 65.3 Å². The van der Waals surface area contributed by atoms with Crippen LogP contribution in [0.1, 0.15) is 43.7 Å². The van der Waals surface area contributed by atoms with Gasteiger partial charge in [0.25, 0.3) is 0 Å². The molecule has 8 nitrogen and oxygen atoms in total. The number of nitrogens with one attached hydrogen (secondary N) is 2. The second-order valence-electron chi connectivity index (χ2n) is 9.38. The minimum Gasteiger partial charge on any atom is -0.394 e. The summed E-state index contributed by atoms with van der Waals surface area (Å²) in [4.78, 5) is 38.8. The van der Waals surface area contributed by atoms with Crippen molar-refractivity contribution in [3.05, 3.63) is 71.8 Å². The smallest absolute Gasteiger partial charge is 0.245 e. The highest BCUT2D eigenvalue weighted by molar-refractivity contribution is 5.98. The highest BCUT2D eigenvalue weighted by Gasteiger charge is 2.54. The molecule has 35 heavy (non-hydrogen) atoms. The van der Waals surface area contributed by atoms with Crippen LogP contribution in [0.25, 0.3) is 0 Å². The van der Waals surface area contributed by atoms with Gasteiger partial charge >= 0.3 is 0 Å². The van der Waals surface area contributed by atoms with Crippen LogP contribution < -0.4 is 10.6 Å². The van der Waals surface area contributed by atoms with Crippen LogP contribution in [0.15, 0.2) is 60.7 Å². The SMILES string of the molecule is CC(C)CC(NC(=O)[C@H](CO)NC(=O)CC(c1ccccc1)c1ccccc1)C(=O)C1(CO)CO1. The monoisotopic (exact) mass is 482 g/mol. The third kappa shape index (κ3) is 6.97. The van der Waals surface area contributed by atoms with E-state index < -0.39 is 48.5 Å². The van der Waals surface area contributed by atoms with Crippen LogP contribution in [0.2, 0.25) is 0 Å². The first-order valence-corrected chi connectivity index (χ1v) is 11.9. The highest BCUT2D eigenvalue weighted by atomic mass is 16.6. The predicted octanol–water partition coefficient (Wildman–Crippen LogP) is 1.55. The summed E-state index contributed by atoms with van der Waals surface area (Å²) in [7, 11) is 0. The number of ether oxygens (including phenoxy) is 1. The van der Waals surface area contributed by atoms with Gasteiger partial charge in [0.2, 0.25) is 11.8 Å². The van der Waals surface area contributed by atoms with E-state index >= 15 is 0 Å². The molecule has 188 valence electrons. The molecule has 3 atom stereocenters. The maximum Gasteiger partial charge on any atom is 0.245 e. The van der Waals surface area contributed by atoms with Gasteiger partial charge in [-0.25, -0.2) is 0 Å². The fourth-order valence-corrected chi connectivity index (χ4v) is 4.12. The first-order chi connectivity index (χ1) is 16.8. The molecule has 1 fully saturated rings. The lowest BCUT2D eigenvalue weighted by Gasteiger charge is -2.25. The lowest BCUT2D eigenvalue weighted by molar-refractivity contribution is -0.134. The maximum atomic E-state index is 13.0. The summed E-state index contributed by atoms with van der Waals surface area (Å²) in [5.41, 5.74) is 0.643. The first-order valence-electron chi connectivity index (χ1n) is 11.9. The second kappa shape index (κ2) is 12.1. The van der Waals surface area contributed by atoms with Gasteiger partial charge in [0.05, 0.1) is 25.9 Å². The Balaban J connectivity index is 1.69. The minimum atomic E-state index is -1.27. The Bertz CT molecular complexity index is 952. The van der Waals surface area contributed by atoms with Crippen LogP contribution in [0, 0.1) is 5.92 Å². The van der Waals surface area contributed by atoms with Crippen molar-refractivity contribution in [2.45, 2.75) is 50.3 Å². The topological polar surface area (TPSA) is 128 Å². The predicted molar refractivity (Wildman–Crippen MR) is 131 cm³/mol. The molecule has 1 aliphatic heterocycles. The number of amides is 2. The van der Waals surface area contributed by atoms with Gasteiger partial charge in [0.1, 0.15) is 6.04 Å². The van der Waals surface area contributed by atoms with Crippen LogP contribution in [-0.2, 0) is 19.1 Å². The molecule has 2 amide bonds. The number of carbonyl (C=O) groups excluding carboxylic acids is 3. The Labute approximate surface area is 205 Å². The Kier molecular flexibility index (Phi) is 9.14. The van der Waals surface area contributed by atoms with Crippen molar-refractivity contribution < 1.29 is 29.3 Å². The van der Waals surface area contributed by atoms with E-state index in [4.69, 9.17) is 4.74 Å². The van der Waals surface area contributed by atoms with E-state index in [1.165, 1.54) is 0 Å². The fourth-order valence-electron chi connectivity index (χ4n) is 4.12. The molecule has 0 saturated carbocycles. The molecule has 2 aromatic rings. The van der Waals surface area contributed by atoms with E-state index in [0.717, 1.165) is 11.1 Å². The highest BCUT2D eigenvalue weighted by Crippen LogP contribution is 2.30. The summed E-state index contributed by atoms with van der Waals surface area (Å²) in [5, 5.41) is 24.6. The summed E-state index contributed by atoms with van der Waals surface area (Å²) in [6.45, 7) is 2.84. The third-order valence-electron chi connectivity index (χ3n) is 6.17. The zero-order chi connectivity index (χ0) is 25.4. The summed E-state index contributed by atoms with van der Waals surface area (Å²) < 4.78 is 5.16. The van der Waals surface area contributed by atoms with Crippen molar-refractivity contribution in [2.75, 3.05) is 19.8 Å². The summed E-state index contributed by atoms with van der Waals surface area (Å²) in [6, 6.07) is 17.1. The molecule has 0 aromatic heterocycles. The Morgan fingerprint density at radius 2 is 1.46 bits per heavy atom. The van der Waals surface area contributed by atoms with Gasteiger partial charge in [-0.2, -0.15) is 0 Å². The minimum absolute atomic E-state index is 0.0770. The Morgan fingerprint density at radius 3 is 1.89 bits per heavy atom. The first kappa shape index (κ1) is 26.5. The zero-order valence-corrected chi connectivity index (χ0v) is 20.1. The van der Waals surface area contributed by atoms with Gasteiger partial charge in [0.15, 0.2) is 11.4 Å². The van der Waals surface area contributed by atoms with Gasteiger partial charge in [-0.05, 0) is 23.5 Å². The standard InChI is InChI=1S/C27H34N2O6/c1-18(2)13-22(25(33)27(16-31)17-35-27)29-26(34)23(15-30)28-24(32)14-21(19-9-5-3-6-10-19)20-11-7-4-8-12-20/h3-12,18,21-23,30-31H,13-17H2,1-2H3,(H,28,32)(H,29,34)/t22?,23-,27?/m0/s1. The molecule has 0 radical (unpaired) electrons. The number of hydrogen-bond acceptors (Lipinski definition) is 6. The number of aliphatic hydroxyl groups excluding tert-OH is 2. The van der Waals surface area contributed by atoms with E-state index in [-0.39, 0.29) is 24.9 Å². The average Bonchev–Trinajstić information content (AvgIpc) is 3.67. The maximum absolute atomic E-state index is 13.0. The van der Waals surface area contributed by atoms with E-state index in [0.29, 0.717) is 6.42 Å². The quantitative estimate of drug-likeness (QED) is 0.321. The number of epoxide rings is 1. The summed E-state index contributed by atoms with van der Waals surface area (Å²) >= 11 is 0. The molecule has 2 aromatic carbocycles. The van der Waals surface area contributed by atoms with Crippen molar-refractivity contribution >= 4 is 17.6 Å². The van der Waals surface area contributed by atoms with Crippen molar-refractivity contribution in [3.8, 4) is 0 Å². The lowest BCUT2D eigenvalue weighted by atomic mass is 9.88. The molecule has 1 heterocycles. The Hall–Kier alpha value is -3.07. The van der Waals surface area contributed by atoms with Gasteiger partial charge in [-0.1, -0.05) is 74.5 Å². The molecular formula is C27H34N2O6. The van der Waals surface area contributed by atoms with Gasteiger partial charge in [-0.3, -0.25) is 14.4 Å². The normalized spacial score (nSPS) is 18.7. The zero-order valence-electron chi connectivity index (χ0n) is 20.1. The van der Waals surface area contributed by atoms with Gasteiger partial charge < -0.3 is 25.6 Å². The average molecular weight is 483 g/mol. The number of benzene rings is 2. The molecule has 4 N–H and O–H groups in total. The van der Waals surface area contributed by atoms with Crippen LogP contribution in [0.3, 0.4) is 0 Å². The van der Waals surface area contributed by atoms with E-state index in [9.17, 15) is 24.6 Å². The van der Waals surface area contributed by atoms with Gasteiger partial charge in [0, 0.05) is 12.3 Å². The molecule has 1 aliphatic rings. The summed E-state index contributed by atoms with van der Waals surface area (Å²) in [5.74, 6) is -1.62. The molecule has 3 rings (SSSR count). The van der Waals surface area contributed by atoms with E-state index in [2.05, 4.69) is 10.6 Å². The Morgan fingerprint density at radius 1 is 0.914 bits per heavy atom. The third-order valence-corrected chi connectivity index (χ3v) is 6.17. The van der Waals surface area contributed by atoms with Gasteiger partial charge in [-0.15, -0.1) is 0 Å². The number of carbonyl (C=O) groups is 3. The largest absolute Gasteiger partial charge is 0.394 e. The molecule has 0 bridgehead atoms. The van der Waals surface area contributed by atoms with Crippen molar-refractivity contribution in [1.82, 2.24) is 10.6 Å². The number of ketones is 1. The molecular weight excluding hydrogens is 448 g/mol. The van der Waals surface area contributed by atoms with Crippen LogP contribution >= 0.6 is 0 Å². The van der Waals surface area contributed by atoms with Crippen LogP contribution in [0.5, 0.6) is 0 Å². The van der Waals surface area contributed by atoms with Crippen LogP contribution in [0.4, 0.5) is 0 Å². The molecule has 0 aliphatic carbocycles. The van der Waals surface area contributed by atoms with Crippen molar-refractivity contribution in [2.24, 2.45) is 5.92 Å². The fraction of sp³-hybridized carbons (Fsp3) is 0.444. The number of Topliss-reactive ketones (excluding diaryl/α,β-unsaturated/α-hetero) is 1.